The van der Waals surface area contributed by atoms with Gasteiger partial charge in [0.05, 0.1) is 37.5 Å². The molecule has 2 aromatic carbocycles. The zero-order valence-electron chi connectivity index (χ0n) is 21.1. The van der Waals surface area contributed by atoms with Gasteiger partial charge in [0.25, 0.3) is 5.91 Å². The lowest BCUT2D eigenvalue weighted by Crippen LogP contribution is -2.25. The summed E-state index contributed by atoms with van der Waals surface area (Å²) >= 11 is 0. The lowest BCUT2D eigenvalue weighted by Gasteiger charge is -2.27. The first kappa shape index (κ1) is 26.9. The largest absolute Gasteiger partial charge is 0.495 e. The predicted octanol–water partition coefficient (Wildman–Crippen LogP) is 3.76. The number of ether oxygens (including phenoxy) is 5. The van der Waals surface area contributed by atoms with Gasteiger partial charge in [-0.1, -0.05) is 18.2 Å². The van der Waals surface area contributed by atoms with Crippen LogP contribution in [0, 0.1) is 11.3 Å². The fraction of sp³-hybridized carbons (Fsp3) is 0.296. The van der Waals surface area contributed by atoms with E-state index in [9.17, 15) is 14.9 Å². The maximum Gasteiger partial charge on any atom is 0.338 e. The van der Waals surface area contributed by atoms with Gasteiger partial charge < -0.3 is 34.7 Å². The Morgan fingerprint density at radius 2 is 1.84 bits per heavy atom. The second kappa shape index (κ2) is 12.4. The Kier molecular flexibility index (Phi) is 9.00. The van der Waals surface area contributed by atoms with E-state index in [1.807, 2.05) is 6.07 Å². The average molecular weight is 508 g/mol. The molecule has 3 rings (SSSR count). The van der Waals surface area contributed by atoms with Gasteiger partial charge in [0.15, 0.2) is 18.1 Å². The normalized spacial score (nSPS) is 14.8. The quantitative estimate of drug-likeness (QED) is 0.460. The maximum atomic E-state index is 12.8. The summed E-state index contributed by atoms with van der Waals surface area (Å²) in [7, 11) is 1.51. The molecule has 0 aliphatic carbocycles. The Morgan fingerprint density at radius 1 is 1.08 bits per heavy atom. The Bertz CT molecular complexity index is 1280. The van der Waals surface area contributed by atoms with Crippen LogP contribution < -0.4 is 25.3 Å². The van der Waals surface area contributed by atoms with Gasteiger partial charge in [-0.2, -0.15) is 5.26 Å². The van der Waals surface area contributed by atoms with Crippen LogP contribution in [0.3, 0.4) is 0 Å². The van der Waals surface area contributed by atoms with Crippen molar-refractivity contribution in [1.29, 1.82) is 5.26 Å². The number of nitrogens with zero attached hydrogens (tertiary/aromatic N) is 1. The molecule has 0 aromatic heterocycles. The summed E-state index contributed by atoms with van der Waals surface area (Å²) < 4.78 is 27.4. The Labute approximate surface area is 215 Å². The van der Waals surface area contributed by atoms with Crippen molar-refractivity contribution in [1.82, 2.24) is 0 Å². The number of nitrogens with two attached hydrogens (primary N) is 1. The lowest BCUT2D eigenvalue weighted by atomic mass is 9.83. The van der Waals surface area contributed by atoms with Gasteiger partial charge in [0.2, 0.25) is 5.88 Å². The van der Waals surface area contributed by atoms with Crippen LogP contribution in [-0.2, 0) is 19.1 Å². The predicted molar refractivity (Wildman–Crippen MR) is 135 cm³/mol. The fourth-order valence-electron chi connectivity index (χ4n) is 3.86. The molecule has 1 unspecified atom stereocenters. The van der Waals surface area contributed by atoms with Gasteiger partial charge in [0, 0.05) is 0 Å². The van der Waals surface area contributed by atoms with Gasteiger partial charge in [-0.05, 0) is 50.6 Å². The number of anilines is 1. The maximum absolute atomic E-state index is 12.8. The van der Waals surface area contributed by atoms with E-state index in [4.69, 9.17) is 29.4 Å². The summed E-state index contributed by atoms with van der Waals surface area (Å²) in [4.78, 5) is 25.3. The number of carbonyl (C=O) groups is 2. The van der Waals surface area contributed by atoms with Crippen molar-refractivity contribution in [3.63, 3.8) is 0 Å². The lowest BCUT2D eigenvalue weighted by molar-refractivity contribution is -0.139. The Morgan fingerprint density at radius 3 is 2.51 bits per heavy atom. The molecular formula is C27H29N3O7. The van der Waals surface area contributed by atoms with Crippen molar-refractivity contribution in [2.24, 2.45) is 5.73 Å². The number of nitriles is 1. The molecule has 2 aromatic rings. The van der Waals surface area contributed by atoms with E-state index < -0.39 is 17.8 Å². The number of methoxy groups -OCH3 is 1. The zero-order valence-corrected chi connectivity index (χ0v) is 21.1. The number of nitrogens with one attached hydrogen (secondary N) is 1. The molecule has 0 saturated heterocycles. The van der Waals surface area contributed by atoms with Gasteiger partial charge >= 0.3 is 5.97 Å². The van der Waals surface area contributed by atoms with Crippen molar-refractivity contribution in [3.05, 3.63) is 70.8 Å². The molecule has 1 atom stereocenters. The zero-order chi connectivity index (χ0) is 26.9. The molecule has 1 aliphatic rings. The minimum Gasteiger partial charge on any atom is -0.495 e. The molecule has 1 amide bonds. The van der Waals surface area contributed by atoms with Crippen molar-refractivity contribution >= 4 is 17.6 Å². The standard InChI is InChI=1S/C27H29N3O7/c1-5-34-22-13-17(25-18(14-28)26(29)37-16(3)24(25)27(32)35-6-2)11-12-21(22)36-15-23(31)30-19-9-7-8-10-20(19)33-4/h7-13,25H,5-6,15,29H2,1-4H3,(H,30,31). The molecule has 0 bridgehead atoms. The molecule has 3 N–H and O–H groups in total. The molecule has 0 saturated carbocycles. The summed E-state index contributed by atoms with van der Waals surface area (Å²) in [6.45, 7) is 5.23. The first-order chi connectivity index (χ1) is 17.8. The number of amides is 1. The third-order valence-corrected chi connectivity index (χ3v) is 5.44. The third-order valence-electron chi connectivity index (χ3n) is 5.44. The van der Waals surface area contributed by atoms with E-state index >= 15 is 0 Å². The van der Waals surface area contributed by atoms with E-state index in [-0.39, 0.29) is 36.0 Å². The summed E-state index contributed by atoms with van der Waals surface area (Å²) in [5.41, 5.74) is 7.27. The van der Waals surface area contributed by atoms with Crippen molar-refractivity contribution < 1.29 is 33.3 Å². The second-order valence-corrected chi connectivity index (χ2v) is 7.79. The number of rotatable bonds is 10. The smallest absolute Gasteiger partial charge is 0.338 e. The molecule has 10 nitrogen and oxygen atoms in total. The molecule has 1 heterocycles. The topological polar surface area (TPSA) is 142 Å². The summed E-state index contributed by atoms with van der Waals surface area (Å²) in [6.07, 6.45) is 0. The number of allylic oxidation sites excluding steroid dienone is 2. The molecular weight excluding hydrogens is 478 g/mol. The van der Waals surface area contributed by atoms with E-state index in [1.54, 1.807) is 63.2 Å². The van der Waals surface area contributed by atoms with Crippen LogP contribution in [0.25, 0.3) is 0 Å². The monoisotopic (exact) mass is 507 g/mol. The molecule has 10 heteroatoms. The number of hydrogen-bond donors (Lipinski definition) is 2. The molecule has 37 heavy (non-hydrogen) atoms. The molecule has 0 spiro atoms. The fourth-order valence-corrected chi connectivity index (χ4v) is 3.86. The van der Waals surface area contributed by atoms with Crippen molar-refractivity contribution in [3.8, 4) is 23.3 Å². The SMILES string of the molecule is CCOC(=O)C1=C(C)OC(N)=C(C#N)C1c1ccc(OCC(=O)Nc2ccccc2OC)c(OCC)c1. The van der Waals surface area contributed by atoms with Crippen LogP contribution in [-0.4, -0.2) is 38.8 Å². The minimum absolute atomic E-state index is 0.0703. The van der Waals surface area contributed by atoms with Gasteiger partial charge in [0.1, 0.15) is 23.2 Å². The highest BCUT2D eigenvalue weighted by Crippen LogP contribution is 2.42. The molecule has 0 radical (unpaired) electrons. The van der Waals surface area contributed by atoms with Crippen molar-refractivity contribution in [2.45, 2.75) is 26.7 Å². The van der Waals surface area contributed by atoms with E-state index in [2.05, 4.69) is 5.32 Å². The van der Waals surface area contributed by atoms with Gasteiger partial charge in [-0.15, -0.1) is 0 Å². The van der Waals surface area contributed by atoms with E-state index in [0.29, 0.717) is 35.1 Å². The highest BCUT2D eigenvalue weighted by molar-refractivity contribution is 5.93. The number of benzene rings is 2. The summed E-state index contributed by atoms with van der Waals surface area (Å²) in [5, 5.41) is 12.5. The first-order valence-electron chi connectivity index (χ1n) is 11.6. The van der Waals surface area contributed by atoms with Crippen LogP contribution >= 0.6 is 0 Å². The van der Waals surface area contributed by atoms with Gasteiger partial charge in [-0.25, -0.2) is 4.79 Å². The van der Waals surface area contributed by atoms with E-state index in [1.165, 1.54) is 7.11 Å². The van der Waals surface area contributed by atoms with Crippen LogP contribution in [0.15, 0.2) is 65.3 Å². The molecule has 0 fully saturated rings. The summed E-state index contributed by atoms with van der Waals surface area (Å²) in [6, 6.07) is 14.0. The van der Waals surface area contributed by atoms with Crippen LogP contribution in [0.5, 0.6) is 17.2 Å². The van der Waals surface area contributed by atoms with E-state index in [0.717, 1.165) is 0 Å². The van der Waals surface area contributed by atoms with Gasteiger partial charge in [-0.3, -0.25) is 4.79 Å². The molecule has 194 valence electrons. The first-order valence-corrected chi connectivity index (χ1v) is 11.6. The molecule has 1 aliphatic heterocycles. The van der Waals surface area contributed by atoms with Crippen LogP contribution in [0.2, 0.25) is 0 Å². The minimum atomic E-state index is -0.833. The number of esters is 1. The number of carbonyl (C=O) groups excluding carboxylic acids is 2. The number of para-hydroxylation sites is 2. The summed E-state index contributed by atoms with van der Waals surface area (Å²) in [5.74, 6) is -0.541. The van der Waals surface area contributed by atoms with Crippen molar-refractivity contribution in [2.75, 3.05) is 32.2 Å². The second-order valence-electron chi connectivity index (χ2n) is 7.79. The highest BCUT2D eigenvalue weighted by Gasteiger charge is 2.36. The highest BCUT2D eigenvalue weighted by atomic mass is 16.5. The van der Waals surface area contributed by atoms with Crippen LogP contribution in [0.1, 0.15) is 32.3 Å². The third kappa shape index (κ3) is 6.13. The Hall–Kier alpha value is -4.65. The average Bonchev–Trinajstić information content (AvgIpc) is 2.88. The van der Waals surface area contributed by atoms with Crippen LogP contribution in [0.4, 0.5) is 5.69 Å². The Balaban J connectivity index is 1.89. The number of hydrogen-bond acceptors (Lipinski definition) is 9.